The van der Waals surface area contributed by atoms with Crippen LogP contribution in [0.5, 0.6) is 0 Å². The van der Waals surface area contributed by atoms with Gasteiger partial charge >= 0.3 is 0 Å². The molecule has 7 nitrogen and oxygen atoms in total. The van der Waals surface area contributed by atoms with Gasteiger partial charge in [0.15, 0.2) is 0 Å². The summed E-state index contributed by atoms with van der Waals surface area (Å²) in [5.41, 5.74) is -1.50. The number of rotatable bonds is 63. The van der Waals surface area contributed by atoms with Gasteiger partial charge in [-0.2, -0.15) is 0 Å². The third-order valence-electron chi connectivity index (χ3n) is 19.5. The minimum Gasteiger partial charge on any atom is -0.744 e. The largest absolute Gasteiger partial charge is 0.744 e. The number of benzene rings is 1. The van der Waals surface area contributed by atoms with Crippen molar-refractivity contribution < 1.29 is 32.8 Å². The van der Waals surface area contributed by atoms with Crippen LogP contribution >= 0.6 is 21.8 Å². The van der Waals surface area contributed by atoms with Gasteiger partial charge in [0.1, 0.15) is 10.1 Å². The molecule has 0 fully saturated rings. The summed E-state index contributed by atoms with van der Waals surface area (Å²) < 4.78 is 32.0. The summed E-state index contributed by atoms with van der Waals surface area (Å²) in [6.45, 7) is 28.4. The number of carboxylic acids is 2. The molecule has 1 aromatic rings. The fraction of sp³-hybridized carbons (Fsp3) is 0.900. The van der Waals surface area contributed by atoms with Crippen LogP contribution in [0, 0.1) is 0 Å². The first-order chi connectivity index (χ1) is 44.0. The average Bonchev–Trinajstić information content (AvgIpc) is 1.07. The lowest BCUT2D eigenvalue weighted by Crippen LogP contribution is -2.26. The molecule has 0 N–H and O–H groups in total. The quantitative estimate of drug-likeness (QED) is 0.0360. The maximum atomic E-state index is 10.7. The normalized spacial score (nSPS) is 11.8. The van der Waals surface area contributed by atoms with Crippen LogP contribution in [0.1, 0.15) is 412 Å². The predicted octanol–water partition coefficient (Wildman–Crippen LogP) is 25.3. The highest BCUT2D eigenvalue weighted by Crippen LogP contribution is 2.63. The van der Waals surface area contributed by atoms with Crippen molar-refractivity contribution in [3.05, 3.63) is 29.3 Å². The molecule has 1 aromatic carbocycles. The third kappa shape index (κ3) is 56.0. The van der Waals surface area contributed by atoms with Crippen molar-refractivity contribution in [2.45, 2.75) is 396 Å². The van der Waals surface area contributed by atoms with E-state index in [1.807, 2.05) is 0 Å². The van der Waals surface area contributed by atoms with Crippen LogP contribution in [0.4, 0.5) is 0 Å². The minimum absolute atomic E-state index is 0.419. The Balaban J connectivity index is -0.00000115. The molecule has 0 bridgehead atoms. The number of hydrogen-bond acceptors (Lipinski definition) is 7. The monoisotopic (exact) mass is 1360 g/mol. The van der Waals surface area contributed by atoms with E-state index in [0.29, 0.717) is 12.1 Å². The zero-order chi connectivity index (χ0) is 68.4. The highest BCUT2D eigenvalue weighted by atomic mass is 32.2. The number of carbonyl (C=O) groups is 2. The zero-order valence-electron chi connectivity index (χ0n) is 63.3. The molecule has 0 aliphatic heterocycles. The predicted molar refractivity (Wildman–Crippen MR) is 412 cm³/mol. The summed E-state index contributed by atoms with van der Waals surface area (Å²) in [5.74, 6) is -3.62. The first-order valence-corrected chi connectivity index (χ1v) is 49.0. The highest BCUT2D eigenvalue weighted by Gasteiger charge is 2.37. The molecule has 0 unspecified atom stereocenters. The van der Waals surface area contributed by atoms with Crippen LogP contribution in [0.25, 0.3) is 0 Å². The molecule has 0 saturated heterocycles. The van der Waals surface area contributed by atoms with E-state index < -0.39 is 59.9 Å². The number of unbranched alkanes of at least 4 members (excludes halogenated alkanes) is 36. The summed E-state index contributed by atoms with van der Waals surface area (Å²) in [7, 11) is -6.96. The topological polar surface area (TPSA) is 137 Å². The van der Waals surface area contributed by atoms with Crippen LogP contribution in [-0.2, 0) is 10.1 Å². The van der Waals surface area contributed by atoms with Crippen molar-refractivity contribution in [3.63, 3.8) is 0 Å². The zero-order valence-corrected chi connectivity index (χ0v) is 66.8. The average molecular weight is 1360 g/mol. The second-order valence-corrected chi connectivity index (χ2v) is 42.9. The van der Waals surface area contributed by atoms with Crippen LogP contribution < -0.4 is 10.2 Å². The van der Waals surface area contributed by atoms with Crippen LogP contribution in [0.2, 0.25) is 0 Å². The Bertz CT molecular complexity index is 1640. The Hall–Kier alpha value is -0.640. The van der Waals surface area contributed by atoms with Crippen molar-refractivity contribution in [3.8, 4) is 0 Å². The number of aromatic carboxylic acids is 2. The van der Waals surface area contributed by atoms with Crippen LogP contribution in [0.15, 0.2) is 23.1 Å². The van der Waals surface area contributed by atoms with E-state index in [9.17, 15) is 32.8 Å². The van der Waals surface area contributed by atoms with Crippen LogP contribution in [-0.4, -0.2) is 98.9 Å². The standard InChI is InChI=1S/3C24H52P.C8H6O7S/c3*1-5-9-13-14-15-16-17-18-19-20-24-25(21-10-6-2,22-11-7-3)23-12-8-4;9-7(10)4-1-2-5(8(11)12)6(3-4)16(13,14)15/h3*5-24H2,1-4H3;1-3H,(H,9,10)(H,11,12)(H,13,14,15)/q3*+1;/p-3. The maximum absolute atomic E-state index is 10.7. The Morgan fingerprint density at radius 1 is 0.275 bits per heavy atom. The van der Waals surface area contributed by atoms with Gasteiger partial charge in [-0.05, 0) is 108 Å². The summed E-state index contributed by atoms with van der Waals surface area (Å²) >= 11 is 0. The Labute approximate surface area is 572 Å². The minimum atomic E-state index is -5.10. The molecule has 0 spiro atoms. The van der Waals surface area contributed by atoms with Crippen LogP contribution in [0.3, 0.4) is 0 Å². The van der Waals surface area contributed by atoms with Gasteiger partial charge in [0.05, 0.1) is 90.8 Å². The molecule has 0 aliphatic carbocycles. The first kappa shape index (κ1) is 94.5. The van der Waals surface area contributed by atoms with Gasteiger partial charge in [0.25, 0.3) is 0 Å². The fourth-order valence-electron chi connectivity index (χ4n) is 13.3. The van der Waals surface area contributed by atoms with Gasteiger partial charge in [-0.3, -0.25) is 0 Å². The smallest absolute Gasteiger partial charge is 0.125 e. The Morgan fingerprint density at radius 3 is 0.615 bits per heavy atom. The molecule has 0 aromatic heterocycles. The van der Waals surface area contributed by atoms with E-state index in [2.05, 4.69) is 83.1 Å². The molecule has 0 atom stereocenters. The summed E-state index contributed by atoms with van der Waals surface area (Å²) in [5, 5.41) is 20.9. The van der Waals surface area contributed by atoms with E-state index in [1.165, 1.54) is 289 Å². The Morgan fingerprint density at radius 2 is 0.451 bits per heavy atom. The maximum Gasteiger partial charge on any atom is 0.125 e. The third-order valence-corrected chi connectivity index (χ3v) is 35.6. The van der Waals surface area contributed by atoms with Gasteiger partial charge in [-0.25, -0.2) is 8.42 Å². The van der Waals surface area contributed by atoms with E-state index in [4.69, 9.17) is 0 Å². The summed E-state index contributed by atoms with van der Waals surface area (Å²) in [6, 6.07) is 1.88. The van der Waals surface area contributed by atoms with Crippen molar-refractivity contribution in [1.29, 1.82) is 0 Å². The number of carboxylic acid groups (broad SMARTS) is 2. The lowest BCUT2D eigenvalue weighted by Gasteiger charge is -2.28. The van der Waals surface area contributed by atoms with Gasteiger partial charge < -0.3 is 24.4 Å². The molecule has 0 aliphatic rings. The van der Waals surface area contributed by atoms with Gasteiger partial charge in [-0.1, -0.05) is 307 Å². The van der Waals surface area contributed by atoms with Gasteiger partial charge in [0, 0.05) is 27.4 Å². The van der Waals surface area contributed by atoms with E-state index >= 15 is 0 Å². The van der Waals surface area contributed by atoms with E-state index in [0.717, 1.165) is 6.07 Å². The molecule has 91 heavy (non-hydrogen) atoms. The number of carbonyl (C=O) groups excluding carboxylic acids is 2. The molecule has 1 rings (SSSR count). The molecular formula is C80H159O7P3S. The van der Waals surface area contributed by atoms with Crippen molar-refractivity contribution in [2.75, 3.05) is 73.9 Å². The second-order valence-electron chi connectivity index (χ2n) is 28.2. The lowest BCUT2D eigenvalue weighted by atomic mass is 10.1. The number of hydrogen-bond donors (Lipinski definition) is 0. The molecule has 0 heterocycles. The second kappa shape index (κ2) is 67.9. The summed E-state index contributed by atoms with van der Waals surface area (Å²) in [6.07, 6.45) is 89.9. The van der Waals surface area contributed by atoms with Crippen molar-refractivity contribution in [2.24, 2.45) is 0 Å². The molecular weight excluding hydrogens is 1200 g/mol. The Kier molecular flexibility index (Phi) is 70.6. The van der Waals surface area contributed by atoms with Crippen molar-refractivity contribution >= 4 is 43.8 Å². The highest BCUT2D eigenvalue weighted by molar-refractivity contribution is 7.85. The molecule has 11 heteroatoms. The molecule has 0 radical (unpaired) electrons. The molecule has 0 amide bonds. The molecule has 0 saturated carbocycles. The summed E-state index contributed by atoms with van der Waals surface area (Å²) in [4.78, 5) is 19.7. The lowest BCUT2D eigenvalue weighted by molar-refractivity contribution is -0.256. The van der Waals surface area contributed by atoms with E-state index in [-0.39, 0.29) is 0 Å². The van der Waals surface area contributed by atoms with Gasteiger partial charge in [0.2, 0.25) is 0 Å². The first-order valence-electron chi connectivity index (χ1n) is 40.0. The van der Waals surface area contributed by atoms with E-state index in [1.54, 1.807) is 93.2 Å². The SMILES string of the molecule is CCCCCCCCCCCC[P+](CCCC)(CCCC)CCCC.CCCCCCCCCCCC[P+](CCCC)(CCCC)CCCC.CCCCCCCCCCCC[P+](CCCC)(CCCC)CCCC.O=C([O-])c1ccc(C(=O)[O-])c(S(=O)(=O)[O-])c1. The fourth-order valence-corrected chi connectivity index (χ4v) is 29.6. The van der Waals surface area contributed by atoms with Crippen molar-refractivity contribution in [1.82, 2.24) is 0 Å². The molecule has 542 valence electrons. The van der Waals surface area contributed by atoms with Gasteiger partial charge in [-0.15, -0.1) is 0 Å².